The highest BCUT2D eigenvalue weighted by Gasteiger charge is 2.30. The van der Waals surface area contributed by atoms with Gasteiger partial charge >= 0.3 is 6.03 Å². The summed E-state index contributed by atoms with van der Waals surface area (Å²) in [7, 11) is -1.45. The van der Waals surface area contributed by atoms with E-state index in [4.69, 9.17) is 25.8 Å². The number of amides is 3. The van der Waals surface area contributed by atoms with Gasteiger partial charge in [-0.05, 0) is 37.1 Å². The Bertz CT molecular complexity index is 1200. The van der Waals surface area contributed by atoms with Crippen LogP contribution >= 0.6 is 11.6 Å². The SMILES string of the molecule is CCCNC(=O)NS(=O)(=O)c1cc2c(cc1OC)OCCC2CNC(=O)c1cc(Cl)ccc1OC. The lowest BCUT2D eigenvalue weighted by Crippen LogP contribution is -2.39. The van der Waals surface area contributed by atoms with Crippen LogP contribution in [0.2, 0.25) is 5.02 Å². The number of urea groups is 1. The molecule has 0 saturated carbocycles. The van der Waals surface area contributed by atoms with E-state index in [0.717, 1.165) is 0 Å². The smallest absolute Gasteiger partial charge is 0.328 e. The summed E-state index contributed by atoms with van der Waals surface area (Å²) in [6.45, 7) is 2.76. The molecule has 0 fully saturated rings. The Labute approximate surface area is 209 Å². The van der Waals surface area contributed by atoms with E-state index in [-0.39, 0.29) is 34.6 Å². The van der Waals surface area contributed by atoms with Gasteiger partial charge < -0.3 is 24.8 Å². The van der Waals surface area contributed by atoms with Crippen LogP contribution < -0.4 is 29.6 Å². The number of ether oxygens (including phenoxy) is 3. The van der Waals surface area contributed by atoms with Crippen molar-refractivity contribution >= 4 is 33.6 Å². The Morgan fingerprint density at radius 3 is 2.54 bits per heavy atom. The molecule has 3 rings (SSSR count). The first-order chi connectivity index (χ1) is 16.7. The van der Waals surface area contributed by atoms with E-state index in [1.165, 1.54) is 32.4 Å². The van der Waals surface area contributed by atoms with Gasteiger partial charge in [0.2, 0.25) is 0 Å². The summed E-state index contributed by atoms with van der Waals surface area (Å²) in [6, 6.07) is 6.80. The first-order valence-electron chi connectivity index (χ1n) is 11.0. The molecule has 2 aromatic rings. The van der Waals surface area contributed by atoms with Crippen LogP contribution in [0, 0.1) is 0 Å². The number of hydrogen-bond acceptors (Lipinski definition) is 7. The van der Waals surface area contributed by atoms with Crippen molar-refractivity contribution in [2.45, 2.75) is 30.6 Å². The topological polar surface area (TPSA) is 132 Å². The minimum Gasteiger partial charge on any atom is -0.496 e. The fraction of sp³-hybridized carbons (Fsp3) is 0.391. The predicted molar refractivity (Wildman–Crippen MR) is 130 cm³/mol. The molecule has 3 N–H and O–H groups in total. The van der Waals surface area contributed by atoms with E-state index >= 15 is 0 Å². The van der Waals surface area contributed by atoms with Crippen molar-refractivity contribution in [2.75, 3.05) is 33.9 Å². The molecular weight excluding hydrogens is 498 g/mol. The van der Waals surface area contributed by atoms with Crippen molar-refractivity contribution in [2.24, 2.45) is 0 Å². The van der Waals surface area contributed by atoms with Crippen molar-refractivity contribution < 1.29 is 32.2 Å². The number of sulfonamides is 1. The normalized spacial score (nSPS) is 14.8. The number of hydrogen-bond donors (Lipinski definition) is 3. The van der Waals surface area contributed by atoms with Crippen LogP contribution in [-0.2, 0) is 10.0 Å². The molecule has 0 saturated heterocycles. The largest absolute Gasteiger partial charge is 0.496 e. The van der Waals surface area contributed by atoms with E-state index in [0.29, 0.717) is 48.1 Å². The second kappa shape index (κ2) is 11.5. The average Bonchev–Trinajstić information content (AvgIpc) is 2.84. The third-order valence-corrected chi connectivity index (χ3v) is 7.01. The third kappa shape index (κ3) is 6.29. The number of nitrogens with one attached hydrogen (secondary N) is 3. The van der Waals surface area contributed by atoms with E-state index < -0.39 is 16.1 Å². The van der Waals surface area contributed by atoms with Gasteiger partial charge in [0.05, 0.1) is 26.4 Å². The molecule has 1 aliphatic rings. The first-order valence-corrected chi connectivity index (χ1v) is 12.8. The number of rotatable bonds is 9. The highest BCUT2D eigenvalue weighted by Crippen LogP contribution is 2.40. The summed E-state index contributed by atoms with van der Waals surface area (Å²) >= 11 is 6.03. The van der Waals surface area contributed by atoms with Crippen LogP contribution in [0.5, 0.6) is 17.2 Å². The van der Waals surface area contributed by atoms with Crippen molar-refractivity contribution in [3.05, 3.63) is 46.5 Å². The summed E-state index contributed by atoms with van der Waals surface area (Å²) in [5.74, 6) is 0.231. The highest BCUT2D eigenvalue weighted by atomic mass is 35.5. The van der Waals surface area contributed by atoms with Gasteiger partial charge in [-0.3, -0.25) is 4.79 Å². The molecule has 1 aliphatic heterocycles. The van der Waals surface area contributed by atoms with Gasteiger partial charge in [-0.25, -0.2) is 17.9 Å². The van der Waals surface area contributed by atoms with Gasteiger partial charge in [0.1, 0.15) is 22.1 Å². The minimum atomic E-state index is -4.24. The molecule has 1 heterocycles. The van der Waals surface area contributed by atoms with Crippen LogP contribution in [0.3, 0.4) is 0 Å². The third-order valence-electron chi connectivity index (χ3n) is 5.43. The predicted octanol–water partition coefficient (Wildman–Crippen LogP) is 3.05. The fourth-order valence-corrected chi connectivity index (χ4v) is 4.96. The van der Waals surface area contributed by atoms with Crippen LogP contribution in [0.1, 0.15) is 41.6 Å². The number of benzene rings is 2. The molecule has 3 amide bonds. The molecule has 1 unspecified atom stereocenters. The molecule has 1 atom stereocenters. The maximum atomic E-state index is 12.9. The molecule has 2 aromatic carbocycles. The summed E-state index contributed by atoms with van der Waals surface area (Å²) < 4.78 is 44.1. The van der Waals surface area contributed by atoms with E-state index in [1.54, 1.807) is 12.1 Å². The van der Waals surface area contributed by atoms with Crippen LogP contribution in [-0.4, -0.2) is 54.3 Å². The lowest BCUT2D eigenvalue weighted by molar-refractivity contribution is 0.0945. The summed E-state index contributed by atoms with van der Waals surface area (Å²) in [4.78, 5) is 24.6. The number of halogens is 1. The van der Waals surface area contributed by atoms with E-state index in [1.807, 2.05) is 11.6 Å². The standard InChI is InChI=1S/C23H28ClN3O7S/c1-4-8-25-23(29)27-35(30,31)21-11-16-14(7-9-34-19(16)12-20(21)33-3)13-26-22(28)17-10-15(24)5-6-18(17)32-2/h5-6,10-12,14H,4,7-9,13H2,1-3H3,(H,26,28)(H2,25,27,29). The zero-order valence-corrected chi connectivity index (χ0v) is 21.2. The van der Waals surface area contributed by atoms with Crippen LogP contribution in [0.4, 0.5) is 4.79 Å². The Balaban J connectivity index is 1.86. The molecule has 0 spiro atoms. The Hall–Kier alpha value is -3.18. The molecule has 10 nitrogen and oxygen atoms in total. The van der Waals surface area contributed by atoms with Gasteiger partial charge in [-0.15, -0.1) is 0 Å². The number of methoxy groups -OCH3 is 2. The monoisotopic (exact) mass is 525 g/mol. The number of fused-ring (bicyclic) bond motifs is 1. The number of carbonyl (C=O) groups excluding carboxylic acids is 2. The van der Waals surface area contributed by atoms with Gasteiger partial charge in [0, 0.05) is 35.7 Å². The minimum absolute atomic E-state index is 0.0351. The maximum absolute atomic E-state index is 12.9. The quantitative estimate of drug-likeness (QED) is 0.458. The highest BCUT2D eigenvalue weighted by molar-refractivity contribution is 7.90. The molecule has 0 aromatic heterocycles. The maximum Gasteiger partial charge on any atom is 0.328 e. The van der Waals surface area contributed by atoms with Crippen LogP contribution in [0.15, 0.2) is 35.2 Å². The van der Waals surface area contributed by atoms with Crippen molar-refractivity contribution in [1.29, 1.82) is 0 Å². The molecular formula is C23H28ClN3O7S. The summed E-state index contributed by atoms with van der Waals surface area (Å²) in [5.41, 5.74) is 0.859. The first kappa shape index (κ1) is 26.4. The van der Waals surface area contributed by atoms with Crippen molar-refractivity contribution in [3.8, 4) is 17.2 Å². The van der Waals surface area contributed by atoms with Gasteiger partial charge in [-0.2, -0.15) is 0 Å². The zero-order valence-electron chi connectivity index (χ0n) is 19.6. The molecule has 0 radical (unpaired) electrons. The number of carbonyl (C=O) groups is 2. The Kier molecular flexibility index (Phi) is 8.68. The molecule has 35 heavy (non-hydrogen) atoms. The zero-order chi connectivity index (χ0) is 25.6. The fourth-order valence-electron chi connectivity index (χ4n) is 3.67. The summed E-state index contributed by atoms with van der Waals surface area (Å²) in [6.07, 6.45) is 1.19. The van der Waals surface area contributed by atoms with Gasteiger partial charge in [0.15, 0.2) is 0 Å². The van der Waals surface area contributed by atoms with Crippen molar-refractivity contribution in [3.63, 3.8) is 0 Å². The molecule has 0 aliphatic carbocycles. The van der Waals surface area contributed by atoms with Crippen molar-refractivity contribution in [1.82, 2.24) is 15.4 Å². The van der Waals surface area contributed by atoms with E-state index in [9.17, 15) is 18.0 Å². The molecule has 190 valence electrons. The van der Waals surface area contributed by atoms with E-state index in [2.05, 4.69) is 10.6 Å². The second-order valence-corrected chi connectivity index (χ2v) is 9.88. The lowest BCUT2D eigenvalue weighted by Gasteiger charge is -2.27. The Morgan fingerprint density at radius 1 is 1.11 bits per heavy atom. The lowest BCUT2D eigenvalue weighted by atomic mass is 9.92. The second-order valence-electron chi connectivity index (χ2n) is 7.79. The average molecular weight is 526 g/mol. The Morgan fingerprint density at radius 2 is 1.86 bits per heavy atom. The molecule has 12 heteroatoms. The molecule has 0 bridgehead atoms. The summed E-state index contributed by atoms with van der Waals surface area (Å²) in [5, 5.41) is 5.72. The van der Waals surface area contributed by atoms with Crippen LogP contribution in [0.25, 0.3) is 0 Å². The van der Waals surface area contributed by atoms with Gasteiger partial charge in [-0.1, -0.05) is 18.5 Å². The van der Waals surface area contributed by atoms with Gasteiger partial charge in [0.25, 0.3) is 15.9 Å².